The van der Waals surface area contributed by atoms with Crippen molar-refractivity contribution < 1.29 is 18.3 Å². The third kappa shape index (κ3) is 3.79. The van der Waals surface area contributed by atoms with Gasteiger partial charge in [-0.15, -0.1) is 0 Å². The van der Waals surface area contributed by atoms with E-state index in [0.717, 1.165) is 18.9 Å². The molecule has 0 aliphatic heterocycles. The zero-order valence-corrected chi connectivity index (χ0v) is 13.7. The summed E-state index contributed by atoms with van der Waals surface area (Å²) in [5.74, 6) is -1.35. The molecule has 0 unspecified atom stereocenters. The quantitative estimate of drug-likeness (QED) is 0.626. The highest BCUT2D eigenvalue weighted by Crippen LogP contribution is 2.25. The third-order valence-electron chi connectivity index (χ3n) is 3.84. The summed E-state index contributed by atoms with van der Waals surface area (Å²) in [5.41, 5.74) is 1.29. The second kappa shape index (κ2) is 7.34. The second-order valence-corrected chi connectivity index (χ2v) is 5.69. The smallest absolute Gasteiger partial charge is 0.255 e. The summed E-state index contributed by atoms with van der Waals surface area (Å²) in [6.07, 6.45) is 3.35. The van der Waals surface area contributed by atoms with Crippen LogP contribution in [0.5, 0.6) is 5.75 Å². The van der Waals surface area contributed by atoms with E-state index >= 15 is 0 Å². The molecule has 6 heteroatoms. The largest absolute Gasteiger partial charge is 0.491 e. The first-order chi connectivity index (χ1) is 12.1. The van der Waals surface area contributed by atoms with Gasteiger partial charge in [-0.05, 0) is 42.8 Å². The topological polar surface area (TPSA) is 54.1 Å². The minimum atomic E-state index is -0.589. The number of benzene rings is 2. The number of halogens is 2. The van der Waals surface area contributed by atoms with Gasteiger partial charge < -0.3 is 15.0 Å². The molecular formula is C19H18F2N2O2. The fourth-order valence-electron chi connectivity index (χ4n) is 2.48. The molecule has 3 aromatic rings. The fourth-order valence-corrected chi connectivity index (χ4v) is 2.48. The Bertz CT molecular complexity index is 906. The summed E-state index contributed by atoms with van der Waals surface area (Å²) >= 11 is 0. The van der Waals surface area contributed by atoms with Crippen LogP contribution in [0.25, 0.3) is 10.9 Å². The number of carbonyl (C=O) groups is 1. The van der Waals surface area contributed by atoms with Crippen LogP contribution in [0.4, 0.5) is 14.5 Å². The summed E-state index contributed by atoms with van der Waals surface area (Å²) in [4.78, 5) is 15.3. The zero-order chi connectivity index (χ0) is 17.8. The molecule has 2 N–H and O–H groups in total. The van der Waals surface area contributed by atoms with Gasteiger partial charge in [0.15, 0.2) is 11.6 Å². The monoisotopic (exact) mass is 344 g/mol. The average Bonchev–Trinajstić information content (AvgIpc) is 2.98. The van der Waals surface area contributed by atoms with Crippen molar-refractivity contribution in [3.05, 3.63) is 59.8 Å². The number of unbranched alkanes of at least 4 members (excludes halogenated alkanes) is 1. The van der Waals surface area contributed by atoms with Crippen LogP contribution in [0.2, 0.25) is 0 Å². The number of hydrogen-bond acceptors (Lipinski definition) is 2. The molecule has 0 saturated heterocycles. The molecule has 0 bridgehead atoms. The number of ether oxygens (including phenoxy) is 1. The molecule has 1 amide bonds. The Morgan fingerprint density at radius 2 is 2.04 bits per heavy atom. The predicted molar refractivity (Wildman–Crippen MR) is 93.0 cm³/mol. The third-order valence-corrected chi connectivity index (χ3v) is 3.84. The van der Waals surface area contributed by atoms with Crippen LogP contribution >= 0.6 is 0 Å². The Morgan fingerprint density at radius 3 is 2.80 bits per heavy atom. The van der Waals surface area contributed by atoms with Gasteiger partial charge in [0.2, 0.25) is 0 Å². The van der Waals surface area contributed by atoms with Crippen LogP contribution in [0.1, 0.15) is 30.1 Å². The van der Waals surface area contributed by atoms with E-state index < -0.39 is 17.5 Å². The number of carbonyl (C=O) groups excluding carboxylic acids is 1. The molecule has 25 heavy (non-hydrogen) atoms. The standard InChI is InChI=1S/C19H18F2N2O2/c1-2-3-8-25-18-7-4-12(9-15(18)21)19(24)23-17-11-22-16-6-5-13(20)10-14(16)17/h4-7,9-11,22H,2-3,8H2,1H3,(H,23,24). The minimum absolute atomic E-state index is 0.124. The molecule has 1 heterocycles. The Hall–Kier alpha value is -2.89. The number of nitrogens with one attached hydrogen (secondary N) is 2. The fraction of sp³-hybridized carbons (Fsp3) is 0.211. The van der Waals surface area contributed by atoms with Crippen LogP contribution < -0.4 is 10.1 Å². The van der Waals surface area contributed by atoms with Gasteiger partial charge in [0.05, 0.1) is 12.3 Å². The highest BCUT2D eigenvalue weighted by molar-refractivity contribution is 6.09. The lowest BCUT2D eigenvalue weighted by molar-refractivity contribution is 0.102. The molecule has 130 valence electrons. The number of anilines is 1. The lowest BCUT2D eigenvalue weighted by Gasteiger charge is -2.08. The summed E-state index contributed by atoms with van der Waals surface area (Å²) in [6.45, 7) is 2.45. The summed E-state index contributed by atoms with van der Waals surface area (Å²) < 4.78 is 32.8. The summed E-state index contributed by atoms with van der Waals surface area (Å²) in [5, 5.41) is 3.21. The molecule has 0 radical (unpaired) electrons. The highest BCUT2D eigenvalue weighted by Gasteiger charge is 2.13. The summed E-state index contributed by atoms with van der Waals surface area (Å²) in [6, 6.07) is 8.31. The van der Waals surface area contributed by atoms with Crippen molar-refractivity contribution in [1.82, 2.24) is 4.98 Å². The molecule has 0 saturated carbocycles. The molecule has 3 rings (SSSR count). The van der Waals surface area contributed by atoms with Crippen LogP contribution in [-0.4, -0.2) is 17.5 Å². The number of aromatic nitrogens is 1. The van der Waals surface area contributed by atoms with E-state index in [2.05, 4.69) is 10.3 Å². The summed E-state index contributed by atoms with van der Waals surface area (Å²) in [7, 11) is 0. The highest BCUT2D eigenvalue weighted by atomic mass is 19.1. The zero-order valence-electron chi connectivity index (χ0n) is 13.7. The number of H-pyrrole nitrogens is 1. The average molecular weight is 344 g/mol. The van der Waals surface area contributed by atoms with E-state index in [1.807, 2.05) is 6.92 Å². The normalized spacial score (nSPS) is 10.8. The Morgan fingerprint density at radius 1 is 1.20 bits per heavy atom. The number of aromatic amines is 1. The lowest BCUT2D eigenvalue weighted by Crippen LogP contribution is -2.12. The van der Waals surface area contributed by atoms with Crippen LogP contribution in [0, 0.1) is 11.6 Å². The maximum atomic E-state index is 14.1. The van der Waals surface area contributed by atoms with Gasteiger partial charge in [0, 0.05) is 22.7 Å². The number of hydrogen-bond donors (Lipinski definition) is 2. The first-order valence-electron chi connectivity index (χ1n) is 8.09. The molecule has 0 spiro atoms. The van der Waals surface area contributed by atoms with Crippen LogP contribution in [0.3, 0.4) is 0 Å². The molecular weight excluding hydrogens is 326 g/mol. The Kier molecular flexibility index (Phi) is 4.97. The van der Waals surface area contributed by atoms with Crippen LogP contribution in [-0.2, 0) is 0 Å². The van der Waals surface area contributed by atoms with Gasteiger partial charge in [-0.3, -0.25) is 4.79 Å². The van der Waals surface area contributed by atoms with Gasteiger partial charge in [-0.2, -0.15) is 0 Å². The van der Waals surface area contributed by atoms with Crippen molar-refractivity contribution in [1.29, 1.82) is 0 Å². The lowest BCUT2D eigenvalue weighted by atomic mass is 10.2. The second-order valence-electron chi connectivity index (χ2n) is 5.69. The Balaban J connectivity index is 1.76. The van der Waals surface area contributed by atoms with E-state index in [0.29, 0.717) is 23.2 Å². The van der Waals surface area contributed by atoms with Crippen molar-refractivity contribution in [2.45, 2.75) is 19.8 Å². The molecule has 1 aromatic heterocycles. The molecule has 0 aliphatic rings. The first-order valence-corrected chi connectivity index (χ1v) is 8.09. The molecule has 0 atom stereocenters. The van der Waals surface area contributed by atoms with Gasteiger partial charge in [-0.25, -0.2) is 8.78 Å². The van der Waals surface area contributed by atoms with Crippen LogP contribution in [0.15, 0.2) is 42.6 Å². The van der Waals surface area contributed by atoms with E-state index in [-0.39, 0.29) is 11.3 Å². The first kappa shape index (κ1) is 17.0. The Labute approximate surface area is 143 Å². The van der Waals surface area contributed by atoms with Crippen molar-refractivity contribution in [3.8, 4) is 5.75 Å². The van der Waals surface area contributed by atoms with Gasteiger partial charge in [0.25, 0.3) is 5.91 Å². The SMILES string of the molecule is CCCCOc1ccc(C(=O)Nc2c[nH]c3ccc(F)cc23)cc1F. The molecule has 2 aromatic carbocycles. The predicted octanol–water partition coefficient (Wildman–Crippen LogP) is 4.88. The van der Waals surface area contributed by atoms with E-state index in [1.54, 1.807) is 12.3 Å². The van der Waals surface area contributed by atoms with Crippen molar-refractivity contribution in [3.63, 3.8) is 0 Å². The van der Waals surface area contributed by atoms with E-state index in [9.17, 15) is 13.6 Å². The van der Waals surface area contributed by atoms with Gasteiger partial charge >= 0.3 is 0 Å². The minimum Gasteiger partial charge on any atom is -0.491 e. The number of amides is 1. The van der Waals surface area contributed by atoms with Crippen molar-refractivity contribution >= 4 is 22.5 Å². The maximum absolute atomic E-state index is 14.1. The van der Waals surface area contributed by atoms with Crippen molar-refractivity contribution in [2.75, 3.05) is 11.9 Å². The van der Waals surface area contributed by atoms with Crippen molar-refractivity contribution in [2.24, 2.45) is 0 Å². The van der Waals surface area contributed by atoms with Gasteiger partial charge in [-0.1, -0.05) is 13.3 Å². The maximum Gasteiger partial charge on any atom is 0.255 e. The van der Waals surface area contributed by atoms with E-state index in [4.69, 9.17) is 4.74 Å². The molecule has 0 aliphatic carbocycles. The van der Waals surface area contributed by atoms with Gasteiger partial charge in [0.1, 0.15) is 5.82 Å². The molecule has 4 nitrogen and oxygen atoms in total. The van der Waals surface area contributed by atoms with E-state index in [1.165, 1.54) is 24.3 Å². The molecule has 0 fully saturated rings. The number of rotatable bonds is 6. The number of fused-ring (bicyclic) bond motifs is 1.